The Morgan fingerprint density at radius 1 is 1.24 bits per heavy atom. The molecule has 0 bridgehead atoms. The van der Waals surface area contributed by atoms with Gasteiger partial charge in [0.1, 0.15) is 0 Å². The zero-order valence-corrected chi connectivity index (χ0v) is 9.77. The van der Waals surface area contributed by atoms with Gasteiger partial charge in [0, 0.05) is 25.3 Å². The Kier molecular flexibility index (Phi) is 2.86. The summed E-state index contributed by atoms with van der Waals surface area (Å²) < 4.78 is 4.51. The molecule has 1 unspecified atom stereocenters. The van der Waals surface area contributed by atoms with Gasteiger partial charge in [-0.25, -0.2) is 4.79 Å². The molecule has 0 aromatic heterocycles. The zero-order chi connectivity index (χ0) is 12.6. The predicted octanol–water partition coefficient (Wildman–Crippen LogP) is 1.26. The second kappa shape index (κ2) is 4.18. The largest absolute Gasteiger partial charge is 0.465 e. The van der Waals surface area contributed by atoms with Gasteiger partial charge >= 0.3 is 5.97 Å². The molecule has 6 heteroatoms. The van der Waals surface area contributed by atoms with Crippen molar-refractivity contribution < 1.29 is 23.9 Å². The van der Waals surface area contributed by atoms with E-state index < -0.39 is 14.6 Å². The lowest BCUT2D eigenvalue weighted by molar-refractivity contribution is 0.0598. The molecule has 1 aliphatic rings. The minimum Gasteiger partial charge on any atom is -0.465 e. The number of carbonyl (C=O) groups is 4. The second-order valence-electron chi connectivity index (χ2n) is 3.38. The standard InChI is InChI=1S/C11H7O5P/c1-16-9(13)6-3-8-7(2-5(6)4-12)10(14)17-11(8)15/h2-4,17H,1H3. The van der Waals surface area contributed by atoms with Crippen LogP contribution in [-0.2, 0) is 4.74 Å². The van der Waals surface area contributed by atoms with E-state index in [9.17, 15) is 19.2 Å². The van der Waals surface area contributed by atoms with E-state index in [-0.39, 0.29) is 33.3 Å². The molecule has 0 saturated heterocycles. The number of methoxy groups -OCH3 is 1. The van der Waals surface area contributed by atoms with Crippen LogP contribution in [0.5, 0.6) is 0 Å². The van der Waals surface area contributed by atoms with E-state index in [0.717, 1.165) is 0 Å². The Bertz CT molecular complexity index is 561. The third kappa shape index (κ3) is 1.78. The summed E-state index contributed by atoms with van der Waals surface area (Å²) in [7, 11) is 0.716. The molecule has 1 aromatic carbocycles. The van der Waals surface area contributed by atoms with Crippen molar-refractivity contribution in [1.29, 1.82) is 0 Å². The summed E-state index contributed by atoms with van der Waals surface area (Å²) in [4.78, 5) is 45.2. The molecule has 1 heterocycles. The summed E-state index contributed by atoms with van der Waals surface area (Å²) in [5.41, 5.74) is -0.142. The van der Waals surface area contributed by atoms with Crippen molar-refractivity contribution in [2.75, 3.05) is 7.11 Å². The average molecular weight is 250 g/mol. The van der Waals surface area contributed by atoms with Gasteiger partial charge in [-0.15, -0.1) is 0 Å². The highest BCUT2D eigenvalue weighted by molar-refractivity contribution is 7.76. The van der Waals surface area contributed by atoms with Gasteiger partial charge in [-0.05, 0) is 12.1 Å². The Labute approximate surface area is 97.9 Å². The number of aldehydes is 1. The van der Waals surface area contributed by atoms with Crippen LogP contribution in [0, 0.1) is 0 Å². The maximum absolute atomic E-state index is 11.5. The number of fused-ring (bicyclic) bond motifs is 1. The summed E-state index contributed by atoms with van der Waals surface area (Å²) in [5, 5.41) is 0. The normalized spacial score (nSPS) is 14.9. The van der Waals surface area contributed by atoms with Crippen molar-refractivity contribution in [3.05, 3.63) is 34.4 Å². The Balaban J connectivity index is 2.68. The molecular weight excluding hydrogens is 243 g/mol. The first-order chi connectivity index (χ1) is 8.08. The monoisotopic (exact) mass is 250 g/mol. The topological polar surface area (TPSA) is 77.5 Å². The number of carbonyl (C=O) groups excluding carboxylic acids is 4. The van der Waals surface area contributed by atoms with Crippen LogP contribution in [0.3, 0.4) is 0 Å². The van der Waals surface area contributed by atoms with E-state index >= 15 is 0 Å². The van der Waals surface area contributed by atoms with Crippen LogP contribution >= 0.6 is 8.58 Å². The number of hydrogen-bond donors (Lipinski definition) is 0. The Morgan fingerprint density at radius 2 is 1.82 bits per heavy atom. The first kappa shape index (κ1) is 11.6. The fourth-order valence-electron chi connectivity index (χ4n) is 1.61. The molecule has 1 aliphatic heterocycles. The van der Waals surface area contributed by atoms with E-state index in [1.165, 1.54) is 19.2 Å². The van der Waals surface area contributed by atoms with Crippen molar-refractivity contribution in [3.63, 3.8) is 0 Å². The lowest BCUT2D eigenvalue weighted by Gasteiger charge is -2.04. The minimum atomic E-state index is -0.703. The van der Waals surface area contributed by atoms with Crippen molar-refractivity contribution in [1.82, 2.24) is 0 Å². The molecule has 1 aromatic rings. The molecular formula is C11H7O5P. The molecule has 5 nitrogen and oxygen atoms in total. The number of rotatable bonds is 2. The Hall–Kier alpha value is -1.87. The first-order valence-corrected chi connectivity index (χ1v) is 5.65. The zero-order valence-electron chi connectivity index (χ0n) is 8.77. The predicted molar refractivity (Wildman–Crippen MR) is 60.1 cm³/mol. The molecule has 0 spiro atoms. The van der Waals surface area contributed by atoms with Crippen LogP contribution in [0.2, 0.25) is 0 Å². The van der Waals surface area contributed by atoms with Crippen molar-refractivity contribution >= 4 is 31.9 Å². The molecule has 86 valence electrons. The fraction of sp³-hybridized carbons (Fsp3) is 0.0909. The third-order valence-electron chi connectivity index (χ3n) is 2.44. The van der Waals surface area contributed by atoms with Gasteiger partial charge in [0.25, 0.3) is 0 Å². The molecule has 0 saturated carbocycles. The molecule has 2 rings (SSSR count). The van der Waals surface area contributed by atoms with E-state index in [1.54, 1.807) is 0 Å². The van der Waals surface area contributed by atoms with Crippen LogP contribution in [-0.4, -0.2) is 30.4 Å². The highest BCUT2D eigenvalue weighted by Crippen LogP contribution is 2.36. The summed E-state index contributed by atoms with van der Waals surface area (Å²) in [6, 6.07) is 2.53. The van der Waals surface area contributed by atoms with E-state index in [0.29, 0.717) is 6.29 Å². The van der Waals surface area contributed by atoms with E-state index in [2.05, 4.69) is 4.74 Å². The first-order valence-electron chi connectivity index (χ1n) is 4.65. The van der Waals surface area contributed by atoms with Gasteiger partial charge in [-0.1, -0.05) is 0 Å². The Morgan fingerprint density at radius 3 is 2.35 bits per heavy atom. The van der Waals surface area contributed by atoms with Crippen LogP contribution in [0.1, 0.15) is 41.4 Å². The molecule has 0 radical (unpaired) electrons. The van der Waals surface area contributed by atoms with Gasteiger partial charge in [-0.3, -0.25) is 14.4 Å². The van der Waals surface area contributed by atoms with Gasteiger partial charge in [-0.2, -0.15) is 0 Å². The fourth-order valence-corrected chi connectivity index (χ4v) is 2.50. The average Bonchev–Trinajstić information content (AvgIpc) is 2.62. The van der Waals surface area contributed by atoms with Crippen molar-refractivity contribution in [2.24, 2.45) is 0 Å². The highest BCUT2D eigenvalue weighted by Gasteiger charge is 2.30. The van der Waals surface area contributed by atoms with Gasteiger partial charge < -0.3 is 4.74 Å². The highest BCUT2D eigenvalue weighted by atomic mass is 31.1. The lowest BCUT2D eigenvalue weighted by Crippen LogP contribution is -2.08. The molecule has 0 fully saturated rings. The van der Waals surface area contributed by atoms with Crippen LogP contribution in [0.25, 0.3) is 0 Å². The number of esters is 1. The number of hydrogen-bond acceptors (Lipinski definition) is 5. The molecule has 0 N–H and O–H groups in total. The van der Waals surface area contributed by atoms with Crippen molar-refractivity contribution in [3.8, 4) is 0 Å². The lowest BCUT2D eigenvalue weighted by atomic mass is 10.0. The molecule has 1 atom stereocenters. The quantitative estimate of drug-likeness (QED) is 0.448. The summed E-state index contributed by atoms with van der Waals surface area (Å²) in [6.07, 6.45) is 0.464. The van der Waals surface area contributed by atoms with Gasteiger partial charge in [0.2, 0.25) is 0 Å². The van der Waals surface area contributed by atoms with Crippen LogP contribution in [0.15, 0.2) is 12.1 Å². The summed E-state index contributed by atoms with van der Waals surface area (Å²) in [5.74, 6) is -0.703. The van der Waals surface area contributed by atoms with Crippen LogP contribution in [0.4, 0.5) is 0 Å². The molecule has 0 amide bonds. The third-order valence-corrected chi connectivity index (χ3v) is 3.43. The molecule has 17 heavy (non-hydrogen) atoms. The molecule has 0 aliphatic carbocycles. The smallest absolute Gasteiger partial charge is 0.338 e. The van der Waals surface area contributed by atoms with Gasteiger partial charge in [0.15, 0.2) is 17.3 Å². The SMILES string of the molecule is COC(=O)c1cc2c(cc1C=O)C(=O)PC2=O. The summed E-state index contributed by atoms with van der Waals surface area (Å²) in [6.45, 7) is 0. The van der Waals surface area contributed by atoms with Crippen LogP contribution < -0.4 is 0 Å². The summed E-state index contributed by atoms with van der Waals surface area (Å²) >= 11 is 0. The van der Waals surface area contributed by atoms with E-state index in [4.69, 9.17) is 0 Å². The maximum atomic E-state index is 11.5. The maximum Gasteiger partial charge on any atom is 0.338 e. The van der Waals surface area contributed by atoms with Gasteiger partial charge in [0.05, 0.1) is 12.7 Å². The second-order valence-corrected chi connectivity index (χ2v) is 4.54. The minimum absolute atomic E-state index is 0.00843. The number of benzene rings is 1. The number of ether oxygens (including phenoxy) is 1. The van der Waals surface area contributed by atoms with Crippen molar-refractivity contribution in [2.45, 2.75) is 0 Å². The van der Waals surface area contributed by atoms with E-state index in [1.807, 2.05) is 0 Å².